The molecule has 2 amide bonds. The number of carbonyl (C=O) groups is 2. The number of fused-ring (bicyclic) bond motifs is 1. The van der Waals surface area contributed by atoms with Crippen LogP contribution in [0.25, 0.3) is 10.9 Å². The third-order valence-electron chi connectivity index (χ3n) is 5.20. The molecule has 1 aliphatic heterocycles. The summed E-state index contributed by atoms with van der Waals surface area (Å²) in [6.07, 6.45) is -4.27. The van der Waals surface area contributed by atoms with E-state index in [0.717, 1.165) is 22.7 Å². The number of aromatic nitrogens is 1. The van der Waals surface area contributed by atoms with Crippen LogP contribution in [0, 0.1) is 0 Å². The topological polar surface area (TPSA) is 65.2 Å². The Hall–Kier alpha value is -3.29. The summed E-state index contributed by atoms with van der Waals surface area (Å²) < 4.78 is 39.6. The van der Waals surface area contributed by atoms with Crippen LogP contribution in [0.3, 0.4) is 0 Å². The number of hydrogen-bond acceptors (Lipinski definition) is 2. The number of carbonyl (C=O) groups excluding carboxylic acids is 2. The Balaban J connectivity index is 1.37. The van der Waals surface area contributed by atoms with Crippen molar-refractivity contribution < 1.29 is 22.8 Å². The largest absolute Gasteiger partial charge is 0.416 e. The number of halogens is 3. The second kappa shape index (κ2) is 7.85. The van der Waals surface area contributed by atoms with Crippen molar-refractivity contribution in [2.24, 2.45) is 0 Å². The Kier molecular flexibility index (Phi) is 5.24. The Morgan fingerprint density at radius 2 is 1.87 bits per heavy atom. The Labute approximate surface area is 170 Å². The molecule has 0 radical (unpaired) electrons. The number of nitrogens with zero attached hydrogens (tertiary/aromatic N) is 1. The summed E-state index contributed by atoms with van der Waals surface area (Å²) in [5.41, 5.74) is 0.993. The molecule has 1 atom stereocenters. The van der Waals surface area contributed by atoms with E-state index in [1.165, 1.54) is 23.1 Å². The number of hydrogen-bond donors (Lipinski definition) is 2. The number of aromatic amines is 1. The van der Waals surface area contributed by atoms with Crippen molar-refractivity contribution in [3.05, 3.63) is 71.4 Å². The average molecular weight is 415 g/mol. The lowest BCUT2D eigenvalue weighted by Crippen LogP contribution is -2.38. The second-order valence-electron chi connectivity index (χ2n) is 7.46. The fourth-order valence-corrected chi connectivity index (χ4v) is 3.84. The van der Waals surface area contributed by atoms with Crippen molar-refractivity contribution in [3.8, 4) is 0 Å². The van der Waals surface area contributed by atoms with Crippen molar-refractivity contribution in [2.75, 3.05) is 6.54 Å². The van der Waals surface area contributed by atoms with Crippen LogP contribution in [0.2, 0.25) is 0 Å². The molecule has 8 heteroatoms. The van der Waals surface area contributed by atoms with E-state index in [9.17, 15) is 22.8 Å². The van der Waals surface area contributed by atoms with Crippen LogP contribution in [0.5, 0.6) is 0 Å². The average Bonchev–Trinajstić information content (AvgIpc) is 3.23. The van der Waals surface area contributed by atoms with Gasteiger partial charge in [0.1, 0.15) is 0 Å². The minimum atomic E-state index is -4.48. The van der Waals surface area contributed by atoms with Crippen LogP contribution < -0.4 is 5.32 Å². The van der Waals surface area contributed by atoms with Gasteiger partial charge in [-0.1, -0.05) is 36.4 Å². The van der Waals surface area contributed by atoms with E-state index >= 15 is 0 Å². The van der Waals surface area contributed by atoms with E-state index in [1.807, 2.05) is 30.3 Å². The van der Waals surface area contributed by atoms with E-state index in [4.69, 9.17) is 0 Å². The molecule has 1 saturated heterocycles. The molecular formula is C22H20F3N3O2. The first-order valence-electron chi connectivity index (χ1n) is 9.58. The number of rotatable bonds is 5. The molecule has 1 unspecified atom stereocenters. The van der Waals surface area contributed by atoms with Crippen LogP contribution >= 0.6 is 0 Å². The first-order chi connectivity index (χ1) is 14.3. The highest BCUT2D eigenvalue weighted by Gasteiger charge is 2.36. The Morgan fingerprint density at radius 3 is 2.63 bits per heavy atom. The van der Waals surface area contributed by atoms with Gasteiger partial charge in [0.15, 0.2) is 0 Å². The predicted octanol–water partition coefficient (Wildman–Crippen LogP) is 3.65. The summed E-state index contributed by atoms with van der Waals surface area (Å²) in [6, 6.07) is 14.4. The number of H-pyrrole nitrogens is 1. The smallest absolute Gasteiger partial charge is 0.358 e. The fraction of sp³-hybridized carbons (Fsp3) is 0.273. The zero-order valence-corrected chi connectivity index (χ0v) is 16.0. The lowest BCUT2D eigenvalue weighted by atomic mass is 10.1. The molecular weight excluding hydrogens is 395 g/mol. The van der Waals surface area contributed by atoms with Gasteiger partial charge < -0.3 is 15.2 Å². The first-order valence-corrected chi connectivity index (χ1v) is 9.58. The van der Waals surface area contributed by atoms with Crippen molar-refractivity contribution in [1.29, 1.82) is 0 Å². The monoisotopic (exact) mass is 415 g/mol. The van der Waals surface area contributed by atoms with Crippen LogP contribution in [-0.2, 0) is 28.7 Å². The van der Waals surface area contributed by atoms with Gasteiger partial charge in [0.25, 0.3) is 0 Å². The lowest BCUT2D eigenvalue weighted by Gasteiger charge is -2.20. The van der Waals surface area contributed by atoms with Gasteiger partial charge in [0, 0.05) is 30.7 Å². The summed E-state index contributed by atoms with van der Waals surface area (Å²) >= 11 is 0. The Bertz CT molecular complexity index is 1060. The molecule has 5 nitrogen and oxygen atoms in total. The molecule has 1 aliphatic rings. The Morgan fingerprint density at radius 1 is 1.13 bits per heavy atom. The molecule has 0 bridgehead atoms. The fourth-order valence-electron chi connectivity index (χ4n) is 3.84. The molecule has 2 N–H and O–H groups in total. The number of benzene rings is 2. The number of alkyl halides is 3. The van der Waals surface area contributed by atoms with Crippen LogP contribution in [0.4, 0.5) is 13.2 Å². The number of para-hydroxylation sites is 1. The summed E-state index contributed by atoms with van der Waals surface area (Å²) in [4.78, 5) is 29.2. The first kappa shape index (κ1) is 20.0. The summed E-state index contributed by atoms with van der Waals surface area (Å²) in [7, 11) is 0. The molecule has 156 valence electrons. The highest BCUT2D eigenvalue weighted by molar-refractivity contribution is 5.85. The molecule has 0 aliphatic carbocycles. The highest BCUT2D eigenvalue weighted by atomic mass is 19.4. The minimum absolute atomic E-state index is 0.0448. The lowest BCUT2D eigenvalue weighted by molar-refractivity contribution is -0.139. The molecule has 0 spiro atoms. The third-order valence-corrected chi connectivity index (χ3v) is 5.20. The molecule has 3 aromatic rings. The zero-order valence-electron chi connectivity index (χ0n) is 16.0. The molecule has 2 aromatic carbocycles. The van der Waals surface area contributed by atoms with Gasteiger partial charge in [0.05, 0.1) is 18.0 Å². The maximum atomic E-state index is 13.2. The number of likely N-dealkylation sites (tertiary alicyclic amines) is 1. The summed E-state index contributed by atoms with van der Waals surface area (Å²) in [5, 5.41) is 3.82. The molecule has 2 heterocycles. The van der Waals surface area contributed by atoms with E-state index < -0.39 is 17.8 Å². The third kappa shape index (κ3) is 4.32. The van der Waals surface area contributed by atoms with Gasteiger partial charge in [-0.25, -0.2) is 0 Å². The van der Waals surface area contributed by atoms with E-state index in [-0.39, 0.29) is 43.3 Å². The van der Waals surface area contributed by atoms with Gasteiger partial charge in [-0.2, -0.15) is 13.2 Å². The second-order valence-corrected chi connectivity index (χ2v) is 7.46. The standard InChI is InChI=1S/C22H20F3N3O2/c23-22(24,25)18-7-3-1-6-15(18)12-28-13-17(11-21(28)30)27-20(29)10-16-9-14-5-2-4-8-19(14)26-16/h1-9,17,26H,10-13H2,(H,27,29). The summed E-state index contributed by atoms with van der Waals surface area (Å²) in [6.45, 7) is 0.0480. The predicted molar refractivity (Wildman–Crippen MR) is 105 cm³/mol. The van der Waals surface area contributed by atoms with Gasteiger partial charge >= 0.3 is 6.18 Å². The van der Waals surface area contributed by atoms with E-state index in [2.05, 4.69) is 10.3 Å². The van der Waals surface area contributed by atoms with Crippen LogP contribution in [-0.4, -0.2) is 34.3 Å². The van der Waals surface area contributed by atoms with E-state index in [1.54, 1.807) is 0 Å². The van der Waals surface area contributed by atoms with Crippen LogP contribution in [0.15, 0.2) is 54.6 Å². The van der Waals surface area contributed by atoms with Gasteiger partial charge in [-0.3, -0.25) is 9.59 Å². The number of amides is 2. The SMILES string of the molecule is O=C(Cc1cc2ccccc2[nH]1)NC1CC(=O)N(Cc2ccccc2C(F)(F)F)C1. The van der Waals surface area contributed by atoms with Crippen molar-refractivity contribution in [1.82, 2.24) is 15.2 Å². The van der Waals surface area contributed by atoms with Crippen molar-refractivity contribution in [2.45, 2.75) is 31.6 Å². The summed E-state index contributed by atoms with van der Waals surface area (Å²) in [5.74, 6) is -0.514. The zero-order chi connectivity index (χ0) is 21.3. The van der Waals surface area contributed by atoms with Crippen LogP contribution in [0.1, 0.15) is 23.2 Å². The molecule has 1 aromatic heterocycles. The van der Waals surface area contributed by atoms with Gasteiger partial charge in [-0.15, -0.1) is 0 Å². The highest BCUT2D eigenvalue weighted by Crippen LogP contribution is 2.32. The normalized spacial score (nSPS) is 17.0. The van der Waals surface area contributed by atoms with Gasteiger partial charge in [-0.05, 0) is 29.1 Å². The van der Waals surface area contributed by atoms with Crippen molar-refractivity contribution >= 4 is 22.7 Å². The molecule has 4 rings (SSSR count). The molecule has 30 heavy (non-hydrogen) atoms. The van der Waals surface area contributed by atoms with Gasteiger partial charge in [0.2, 0.25) is 11.8 Å². The van der Waals surface area contributed by atoms with E-state index in [0.29, 0.717) is 0 Å². The van der Waals surface area contributed by atoms with Crippen molar-refractivity contribution in [3.63, 3.8) is 0 Å². The minimum Gasteiger partial charge on any atom is -0.358 e. The maximum absolute atomic E-state index is 13.2. The molecule has 1 fully saturated rings. The number of nitrogens with one attached hydrogen (secondary N) is 2. The quantitative estimate of drug-likeness (QED) is 0.668. The maximum Gasteiger partial charge on any atom is 0.416 e. The molecule has 0 saturated carbocycles.